The van der Waals surface area contributed by atoms with Crippen molar-refractivity contribution in [3.63, 3.8) is 0 Å². The maximum absolute atomic E-state index is 14.1. The van der Waals surface area contributed by atoms with Gasteiger partial charge in [0, 0.05) is 42.1 Å². The van der Waals surface area contributed by atoms with E-state index >= 15 is 0 Å². The molecule has 2 atom stereocenters. The van der Waals surface area contributed by atoms with Crippen LogP contribution in [0.2, 0.25) is 0 Å². The maximum atomic E-state index is 14.1. The molecular weight excluding hydrogens is 623 g/mol. The molecule has 0 radical (unpaired) electrons. The zero-order valence-electron chi connectivity index (χ0n) is 23.4. The van der Waals surface area contributed by atoms with Crippen molar-refractivity contribution in [2.75, 3.05) is 25.4 Å². The van der Waals surface area contributed by atoms with Crippen LogP contribution in [0.3, 0.4) is 0 Å². The molecule has 2 aromatic heterocycles. The Morgan fingerprint density at radius 2 is 1.89 bits per heavy atom. The fourth-order valence-corrected chi connectivity index (χ4v) is 8.82. The molecule has 15 heteroatoms. The zero-order valence-corrected chi connectivity index (χ0v) is 25.1. The molecule has 2 aliphatic heterocycles. The highest BCUT2D eigenvalue weighted by atomic mass is 32.2. The number of hydrogen-bond donors (Lipinski definition) is 1. The second kappa shape index (κ2) is 13.2. The lowest BCUT2D eigenvalue weighted by molar-refractivity contribution is -0.274. The van der Waals surface area contributed by atoms with Crippen LogP contribution in [0.25, 0.3) is 10.4 Å². The molecule has 2 fully saturated rings. The number of carbonyl (C=O) groups excluding carboxylic acids is 2. The fraction of sp³-hybridized carbons (Fsp3) is 0.414. The topological polar surface area (TPSA) is 124 Å². The first-order chi connectivity index (χ1) is 21.0. The standard InChI is InChI=1S/C29H30F3N3O7S2/c30-29(31,32)41-21-9-7-20(8-10-21)23-11-12-24(43-23)28(19-25(36)34-42-26-6-2-4-17-40-26)13-15-35(16-18-44(28,38)39)27(37)22-5-1-3-14-33-22/h1,3,5,7-12,14,26H,2,4,6,13,15-19H2,(H,34,36)/t26?,28-/m0/s1. The Bertz CT molecular complexity index is 1560. The Hall–Kier alpha value is -3.53. The van der Waals surface area contributed by atoms with Gasteiger partial charge in [-0.05, 0) is 73.4 Å². The van der Waals surface area contributed by atoms with E-state index in [0.717, 1.165) is 24.2 Å². The number of hydrogen-bond acceptors (Lipinski definition) is 9. The van der Waals surface area contributed by atoms with Crippen molar-refractivity contribution in [2.24, 2.45) is 0 Å². The number of amides is 2. The second-order valence-corrected chi connectivity index (χ2v) is 13.9. The number of thiophene rings is 1. The molecule has 1 unspecified atom stereocenters. The van der Waals surface area contributed by atoms with Gasteiger partial charge in [0.25, 0.3) is 5.91 Å². The minimum Gasteiger partial charge on any atom is -0.406 e. The molecule has 0 bridgehead atoms. The Morgan fingerprint density at radius 3 is 2.57 bits per heavy atom. The monoisotopic (exact) mass is 653 g/mol. The molecule has 1 N–H and O–H groups in total. The van der Waals surface area contributed by atoms with Crippen LogP contribution >= 0.6 is 11.3 Å². The van der Waals surface area contributed by atoms with Crippen LogP contribution in [0.5, 0.6) is 5.75 Å². The number of sulfone groups is 1. The first-order valence-electron chi connectivity index (χ1n) is 13.9. The number of carbonyl (C=O) groups is 2. The Kier molecular flexibility index (Phi) is 9.58. The Morgan fingerprint density at radius 1 is 1.09 bits per heavy atom. The highest BCUT2D eigenvalue weighted by molar-refractivity contribution is 7.92. The fourth-order valence-electron chi connectivity index (χ4n) is 5.21. The van der Waals surface area contributed by atoms with Crippen LogP contribution < -0.4 is 10.2 Å². The quantitative estimate of drug-likeness (QED) is 0.343. The lowest BCUT2D eigenvalue weighted by Gasteiger charge is -2.31. The minimum atomic E-state index is -4.84. The van der Waals surface area contributed by atoms with E-state index in [4.69, 9.17) is 9.57 Å². The van der Waals surface area contributed by atoms with Gasteiger partial charge >= 0.3 is 6.36 Å². The number of pyridine rings is 1. The van der Waals surface area contributed by atoms with E-state index in [2.05, 4.69) is 15.2 Å². The summed E-state index contributed by atoms with van der Waals surface area (Å²) in [6, 6.07) is 13.3. The largest absolute Gasteiger partial charge is 0.573 e. The van der Waals surface area contributed by atoms with Gasteiger partial charge in [0.2, 0.25) is 5.91 Å². The number of rotatable bonds is 8. The van der Waals surface area contributed by atoms with Crippen LogP contribution in [0.1, 0.15) is 47.5 Å². The van der Waals surface area contributed by atoms with E-state index in [1.807, 2.05) is 0 Å². The highest BCUT2D eigenvalue weighted by Crippen LogP contribution is 2.45. The summed E-state index contributed by atoms with van der Waals surface area (Å²) in [5.41, 5.74) is 3.06. The zero-order chi connectivity index (χ0) is 31.4. The third-order valence-corrected chi connectivity index (χ3v) is 11.4. The molecule has 5 rings (SSSR count). The molecule has 0 aliphatic carbocycles. The molecule has 4 heterocycles. The van der Waals surface area contributed by atoms with Crippen LogP contribution in [0.4, 0.5) is 13.2 Å². The molecule has 3 aromatic rings. The lowest BCUT2D eigenvalue weighted by atomic mass is 9.97. The van der Waals surface area contributed by atoms with Gasteiger partial charge in [-0.25, -0.2) is 18.7 Å². The number of nitrogens with zero attached hydrogens (tertiary/aromatic N) is 2. The molecule has 236 valence electrons. The number of aromatic nitrogens is 1. The van der Waals surface area contributed by atoms with Crippen molar-refractivity contribution in [1.29, 1.82) is 0 Å². The van der Waals surface area contributed by atoms with Crippen LogP contribution in [0, 0.1) is 0 Å². The van der Waals surface area contributed by atoms with Gasteiger partial charge in [0.1, 0.15) is 16.2 Å². The number of alkyl halides is 3. The summed E-state index contributed by atoms with van der Waals surface area (Å²) < 4.78 is 73.7. The first-order valence-corrected chi connectivity index (χ1v) is 16.4. The molecule has 2 aliphatic rings. The van der Waals surface area contributed by atoms with Gasteiger partial charge in [0.05, 0.1) is 12.2 Å². The molecule has 0 spiro atoms. The van der Waals surface area contributed by atoms with Gasteiger partial charge in [-0.1, -0.05) is 6.07 Å². The summed E-state index contributed by atoms with van der Waals surface area (Å²) in [6.45, 7) is 0.428. The van der Waals surface area contributed by atoms with E-state index < -0.39 is 57.0 Å². The summed E-state index contributed by atoms with van der Waals surface area (Å²) in [7, 11) is -4.05. The average molecular weight is 654 g/mol. The highest BCUT2D eigenvalue weighted by Gasteiger charge is 2.50. The molecule has 44 heavy (non-hydrogen) atoms. The summed E-state index contributed by atoms with van der Waals surface area (Å²) >= 11 is 1.11. The average Bonchev–Trinajstić information content (AvgIpc) is 3.46. The van der Waals surface area contributed by atoms with E-state index in [0.29, 0.717) is 28.3 Å². The normalized spacial score (nSPS) is 22.2. The number of hydroxylamine groups is 1. The Labute approximate surface area is 256 Å². The SMILES string of the molecule is O=C(C[C@]1(c2ccc(-c3ccc(OC(F)(F)F)cc3)s2)CCN(C(=O)c2ccccn2)CCS1(=O)=O)NOC1CCCCO1. The predicted molar refractivity (Wildman–Crippen MR) is 154 cm³/mol. The van der Waals surface area contributed by atoms with Crippen LogP contribution in [0.15, 0.2) is 60.8 Å². The molecule has 10 nitrogen and oxygen atoms in total. The summed E-state index contributed by atoms with van der Waals surface area (Å²) in [5, 5.41) is 0. The van der Waals surface area contributed by atoms with E-state index in [-0.39, 0.29) is 25.2 Å². The Balaban J connectivity index is 1.44. The van der Waals surface area contributed by atoms with Gasteiger partial charge in [-0.2, -0.15) is 0 Å². The third-order valence-electron chi connectivity index (χ3n) is 7.50. The van der Waals surface area contributed by atoms with Crippen molar-refractivity contribution < 1.29 is 45.5 Å². The third kappa shape index (κ3) is 7.39. The second-order valence-electron chi connectivity index (χ2n) is 10.4. The smallest absolute Gasteiger partial charge is 0.406 e. The van der Waals surface area contributed by atoms with Gasteiger partial charge in [-0.15, -0.1) is 24.5 Å². The summed E-state index contributed by atoms with van der Waals surface area (Å²) in [4.78, 5) is 38.3. The molecule has 2 amide bonds. The lowest BCUT2D eigenvalue weighted by Crippen LogP contribution is -2.43. The summed E-state index contributed by atoms with van der Waals surface area (Å²) in [6.07, 6.45) is -2.25. The number of nitrogens with one attached hydrogen (secondary N) is 1. The number of ether oxygens (including phenoxy) is 2. The minimum absolute atomic E-state index is 0.0330. The van der Waals surface area contributed by atoms with E-state index in [9.17, 15) is 31.2 Å². The van der Waals surface area contributed by atoms with Gasteiger partial charge in [0.15, 0.2) is 16.1 Å². The predicted octanol–water partition coefficient (Wildman–Crippen LogP) is 4.83. The van der Waals surface area contributed by atoms with E-state index in [1.165, 1.54) is 35.4 Å². The molecule has 2 saturated heterocycles. The first kappa shape index (κ1) is 31.9. The molecule has 0 saturated carbocycles. The molecular formula is C29H30F3N3O7S2. The van der Waals surface area contributed by atoms with Gasteiger partial charge < -0.3 is 14.4 Å². The number of halogens is 3. The van der Waals surface area contributed by atoms with Crippen molar-refractivity contribution in [2.45, 2.75) is 49.5 Å². The molecule has 1 aromatic carbocycles. The van der Waals surface area contributed by atoms with Crippen molar-refractivity contribution >= 4 is 33.0 Å². The van der Waals surface area contributed by atoms with Crippen molar-refractivity contribution in [3.8, 4) is 16.2 Å². The maximum Gasteiger partial charge on any atom is 0.573 e. The van der Waals surface area contributed by atoms with E-state index in [1.54, 1.807) is 30.3 Å². The van der Waals surface area contributed by atoms with Crippen LogP contribution in [-0.4, -0.2) is 68.2 Å². The van der Waals surface area contributed by atoms with Crippen LogP contribution in [-0.2, 0) is 29.0 Å². The number of benzene rings is 1. The van der Waals surface area contributed by atoms with Gasteiger partial charge in [-0.3, -0.25) is 14.6 Å². The summed E-state index contributed by atoms with van der Waals surface area (Å²) in [5.74, 6) is -1.89. The van der Waals surface area contributed by atoms with Crippen molar-refractivity contribution in [3.05, 3.63) is 71.4 Å². The van der Waals surface area contributed by atoms with Crippen molar-refractivity contribution in [1.82, 2.24) is 15.4 Å².